The summed E-state index contributed by atoms with van der Waals surface area (Å²) in [6.07, 6.45) is -7.73. The van der Waals surface area contributed by atoms with Crippen molar-refractivity contribution in [3.8, 4) is 28.2 Å². The third-order valence-electron chi connectivity index (χ3n) is 6.64. The van der Waals surface area contributed by atoms with Crippen LogP contribution in [0.15, 0.2) is 103 Å². The molecule has 6 aromatic rings. The molecule has 0 saturated carbocycles. The van der Waals surface area contributed by atoms with Crippen molar-refractivity contribution in [2.75, 3.05) is 0 Å². The smallest absolute Gasteiger partial charge is 0.475 e. The van der Waals surface area contributed by atoms with Crippen molar-refractivity contribution in [1.82, 2.24) is 30.3 Å². The van der Waals surface area contributed by atoms with Crippen LogP contribution in [-0.2, 0) is 24.1 Å². The highest BCUT2D eigenvalue weighted by Crippen LogP contribution is 2.32. The average Bonchev–Trinajstić information content (AvgIpc) is 3.69. The van der Waals surface area contributed by atoms with Crippen molar-refractivity contribution in [2.24, 2.45) is 0 Å². The number of carbonyl (C=O) groups is 1. The van der Waals surface area contributed by atoms with Gasteiger partial charge in [-0.25, -0.2) is 9.78 Å². The zero-order valence-corrected chi connectivity index (χ0v) is 23.6. The second kappa shape index (κ2) is 13.2. The normalized spacial score (nSPS) is 11.7. The maximum Gasteiger partial charge on any atom is 0.490 e. The minimum Gasteiger partial charge on any atom is -0.475 e. The van der Waals surface area contributed by atoms with E-state index in [-0.39, 0.29) is 0 Å². The lowest BCUT2D eigenvalue weighted by molar-refractivity contribution is -0.192. The quantitative estimate of drug-likeness (QED) is 0.157. The summed E-state index contributed by atoms with van der Waals surface area (Å²) >= 11 is 0. The number of aromatic nitrogens is 5. The third kappa shape index (κ3) is 7.95. The van der Waals surface area contributed by atoms with Gasteiger partial charge < -0.3 is 15.4 Å². The summed E-state index contributed by atoms with van der Waals surface area (Å²) in [6.45, 7) is 1.27. The fourth-order valence-corrected chi connectivity index (χ4v) is 4.38. The Morgan fingerprint density at radius 1 is 0.804 bits per heavy atom. The Bertz CT molecular complexity index is 1930. The van der Waals surface area contributed by atoms with Crippen LogP contribution in [0.25, 0.3) is 39.2 Å². The number of benzene rings is 4. The molecule has 6 rings (SSSR count). The van der Waals surface area contributed by atoms with Crippen molar-refractivity contribution in [1.29, 1.82) is 0 Å². The lowest BCUT2D eigenvalue weighted by atomic mass is 10.0. The number of carboxylic acid groups (broad SMARTS) is 1. The molecule has 0 atom stereocenters. The molecule has 4 aromatic carbocycles. The van der Waals surface area contributed by atoms with E-state index in [2.05, 4.69) is 49.7 Å². The zero-order chi connectivity index (χ0) is 32.9. The third-order valence-corrected chi connectivity index (χ3v) is 6.64. The highest BCUT2D eigenvalue weighted by atomic mass is 19.4. The van der Waals surface area contributed by atoms with E-state index in [0.717, 1.165) is 45.8 Å². The monoisotopic (exact) mass is 638 g/mol. The number of hydrogen-bond acceptors (Lipinski definition) is 5. The van der Waals surface area contributed by atoms with Crippen LogP contribution in [0.4, 0.5) is 26.3 Å². The van der Waals surface area contributed by atoms with Gasteiger partial charge in [0.1, 0.15) is 5.82 Å². The molecule has 0 spiro atoms. The molecule has 0 bridgehead atoms. The summed E-state index contributed by atoms with van der Waals surface area (Å²) < 4.78 is 71.0. The summed E-state index contributed by atoms with van der Waals surface area (Å²) in [5.74, 6) is -2.23. The first kappa shape index (κ1) is 31.9. The van der Waals surface area contributed by atoms with E-state index in [4.69, 9.17) is 9.90 Å². The predicted octanol–water partition coefficient (Wildman–Crippen LogP) is 7.42. The number of alkyl halides is 6. The molecule has 2 aromatic heterocycles. The van der Waals surface area contributed by atoms with E-state index in [0.29, 0.717) is 29.9 Å². The Labute approximate surface area is 257 Å². The van der Waals surface area contributed by atoms with Crippen molar-refractivity contribution in [3.05, 3.63) is 120 Å². The van der Waals surface area contributed by atoms with Gasteiger partial charge >= 0.3 is 18.3 Å². The molecule has 0 radical (unpaired) electrons. The van der Waals surface area contributed by atoms with E-state index in [9.17, 15) is 26.3 Å². The number of nitrogens with zero attached hydrogens (tertiary/aromatic N) is 4. The van der Waals surface area contributed by atoms with Gasteiger partial charge in [-0.05, 0) is 53.1 Å². The number of aliphatic carboxylic acids is 1. The Morgan fingerprint density at radius 2 is 1.50 bits per heavy atom. The summed E-state index contributed by atoms with van der Waals surface area (Å²) in [7, 11) is 0. The fraction of sp³-hybridized carbons (Fsp3) is 0.125. The van der Waals surface area contributed by atoms with Gasteiger partial charge in [-0.1, -0.05) is 60.7 Å². The molecule has 0 saturated heterocycles. The standard InChI is InChI=1S/C30H23F3N6.C2HF3O2/c31-30(32,33)24-13-14-27-28(16-24)37-29(36-27)23-6-4-5-22(15-23)21-11-9-20(10-12-21)17-34-18-25-19-35-39(38-25)26-7-2-1-3-8-26;3-2(4,5)1(6)7/h1-16,19,34H,17-18H2,(H,36,37);(H,6,7). The molecule has 14 heteroatoms. The van der Waals surface area contributed by atoms with Gasteiger partial charge in [0, 0.05) is 18.7 Å². The highest BCUT2D eigenvalue weighted by Gasteiger charge is 2.38. The van der Waals surface area contributed by atoms with Gasteiger partial charge in [0.05, 0.1) is 34.2 Å². The summed E-state index contributed by atoms with van der Waals surface area (Å²) in [5, 5.41) is 19.4. The number of carboxylic acids is 1. The molecule has 3 N–H and O–H groups in total. The minimum atomic E-state index is -5.08. The van der Waals surface area contributed by atoms with Gasteiger partial charge in [-0.15, -0.1) is 0 Å². The van der Waals surface area contributed by atoms with E-state index in [1.807, 2.05) is 54.6 Å². The van der Waals surface area contributed by atoms with Crippen LogP contribution in [-0.4, -0.2) is 42.2 Å². The topological polar surface area (TPSA) is 109 Å². The van der Waals surface area contributed by atoms with Crippen LogP contribution in [0.1, 0.15) is 16.8 Å². The molecule has 8 nitrogen and oxygen atoms in total. The number of para-hydroxylation sites is 1. The molecule has 0 aliphatic rings. The summed E-state index contributed by atoms with van der Waals surface area (Å²) in [6, 6.07) is 29.3. The number of aromatic amines is 1. The number of rotatable bonds is 7. The second-order valence-electron chi connectivity index (χ2n) is 9.96. The van der Waals surface area contributed by atoms with Crippen molar-refractivity contribution < 1.29 is 36.2 Å². The Morgan fingerprint density at radius 3 is 2.17 bits per heavy atom. The molecule has 0 aliphatic heterocycles. The van der Waals surface area contributed by atoms with Gasteiger partial charge in [-0.3, -0.25) is 0 Å². The van der Waals surface area contributed by atoms with E-state index in [1.54, 1.807) is 11.0 Å². The molecule has 0 aliphatic carbocycles. The number of nitrogens with one attached hydrogen (secondary N) is 2. The number of H-pyrrole nitrogens is 1. The predicted molar refractivity (Wildman–Crippen MR) is 158 cm³/mol. The van der Waals surface area contributed by atoms with Gasteiger partial charge in [0.25, 0.3) is 0 Å². The van der Waals surface area contributed by atoms with Crippen molar-refractivity contribution in [2.45, 2.75) is 25.4 Å². The molecular weight excluding hydrogens is 614 g/mol. The molecule has 0 unspecified atom stereocenters. The minimum absolute atomic E-state index is 0.352. The lowest BCUT2D eigenvalue weighted by Gasteiger charge is -2.07. The zero-order valence-electron chi connectivity index (χ0n) is 23.6. The van der Waals surface area contributed by atoms with Crippen LogP contribution in [0.5, 0.6) is 0 Å². The number of halogens is 6. The number of imidazole rings is 1. The number of hydrogen-bond donors (Lipinski definition) is 3. The molecule has 2 heterocycles. The van der Waals surface area contributed by atoms with Gasteiger partial charge in [0.15, 0.2) is 0 Å². The fourth-order valence-electron chi connectivity index (χ4n) is 4.38. The Kier molecular flexibility index (Phi) is 9.18. The van der Waals surface area contributed by atoms with Crippen molar-refractivity contribution >= 4 is 17.0 Å². The second-order valence-corrected chi connectivity index (χ2v) is 9.96. The van der Waals surface area contributed by atoms with E-state index >= 15 is 0 Å². The Hall–Kier alpha value is -5.50. The SMILES string of the molecule is FC(F)(F)c1ccc2nc(-c3cccc(-c4ccc(CNCc5cnn(-c6ccccc6)n5)cc4)c3)[nH]c2c1.O=C(O)C(F)(F)F. The maximum atomic E-state index is 13.1. The van der Waals surface area contributed by atoms with Crippen LogP contribution >= 0.6 is 0 Å². The average molecular weight is 639 g/mol. The molecule has 0 amide bonds. The lowest BCUT2D eigenvalue weighted by Crippen LogP contribution is -2.21. The van der Waals surface area contributed by atoms with Crippen molar-refractivity contribution in [3.63, 3.8) is 0 Å². The first-order valence-electron chi connectivity index (χ1n) is 13.6. The molecule has 0 fully saturated rings. The maximum absolute atomic E-state index is 13.1. The summed E-state index contributed by atoms with van der Waals surface area (Å²) in [5.41, 5.74) is 5.85. The summed E-state index contributed by atoms with van der Waals surface area (Å²) in [4.78, 5) is 18.0. The molecule has 236 valence electrons. The van der Waals surface area contributed by atoms with Crippen LogP contribution in [0.2, 0.25) is 0 Å². The largest absolute Gasteiger partial charge is 0.490 e. The van der Waals surface area contributed by atoms with Gasteiger partial charge in [0.2, 0.25) is 0 Å². The number of fused-ring (bicyclic) bond motifs is 1. The van der Waals surface area contributed by atoms with E-state index < -0.39 is 23.9 Å². The Balaban J connectivity index is 0.000000537. The highest BCUT2D eigenvalue weighted by molar-refractivity contribution is 5.81. The van der Waals surface area contributed by atoms with Crippen LogP contribution in [0.3, 0.4) is 0 Å². The molecular formula is C32H24F6N6O2. The first-order chi connectivity index (χ1) is 21.9. The molecule has 46 heavy (non-hydrogen) atoms. The van der Waals surface area contributed by atoms with E-state index in [1.165, 1.54) is 6.07 Å². The first-order valence-corrected chi connectivity index (χ1v) is 13.6. The van der Waals surface area contributed by atoms with Crippen LogP contribution in [0, 0.1) is 0 Å². The van der Waals surface area contributed by atoms with Gasteiger partial charge in [-0.2, -0.15) is 41.3 Å². The van der Waals surface area contributed by atoms with Crippen LogP contribution < -0.4 is 5.32 Å².